The lowest BCUT2D eigenvalue weighted by Crippen LogP contribution is -2.43. The van der Waals surface area contributed by atoms with E-state index >= 15 is 0 Å². The van der Waals surface area contributed by atoms with Crippen LogP contribution in [0.25, 0.3) is 0 Å². The van der Waals surface area contributed by atoms with Crippen LogP contribution in [0.4, 0.5) is 5.82 Å². The summed E-state index contributed by atoms with van der Waals surface area (Å²) in [7, 11) is 0. The Morgan fingerprint density at radius 3 is 2.80 bits per heavy atom. The molecular weight excluding hydrogens is 316 g/mol. The fraction of sp³-hybridized carbons (Fsp3) is 0.526. The molecular formula is C19H24N4O2. The molecule has 132 valence electrons. The Morgan fingerprint density at radius 2 is 2.12 bits per heavy atom. The van der Waals surface area contributed by atoms with Crippen LogP contribution in [-0.2, 0) is 10.3 Å². The number of aliphatic hydroxyl groups is 1. The lowest BCUT2D eigenvalue weighted by Gasteiger charge is -2.39. The molecule has 2 aromatic heterocycles. The molecule has 0 aliphatic carbocycles. The summed E-state index contributed by atoms with van der Waals surface area (Å²) in [5.41, 5.74) is 1.18. The fourth-order valence-corrected chi connectivity index (χ4v) is 3.75. The molecule has 0 unspecified atom stereocenters. The number of piperidine rings is 1. The molecule has 4 rings (SSSR count). The standard InChI is InChI=1S/C19H24N4O2/c1-14-21-17(15-4-10-25-13-15)11-18(22-14)23-8-5-19(24,6-9-23)16-3-2-7-20-12-16/h2-3,7,11-12,15,24H,4-6,8-10,13H2,1H3/t15-/m1/s1. The van der Waals surface area contributed by atoms with Gasteiger partial charge in [-0.25, -0.2) is 9.97 Å². The quantitative estimate of drug-likeness (QED) is 0.923. The first-order valence-corrected chi connectivity index (χ1v) is 8.95. The predicted molar refractivity (Wildman–Crippen MR) is 94.5 cm³/mol. The van der Waals surface area contributed by atoms with Crippen LogP contribution in [0.5, 0.6) is 0 Å². The Kier molecular flexibility index (Phi) is 4.39. The maximum atomic E-state index is 11.0. The summed E-state index contributed by atoms with van der Waals surface area (Å²) in [4.78, 5) is 15.6. The van der Waals surface area contributed by atoms with Crippen LogP contribution < -0.4 is 4.90 Å². The Hall–Kier alpha value is -2.05. The van der Waals surface area contributed by atoms with E-state index in [2.05, 4.69) is 25.9 Å². The van der Waals surface area contributed by atoms with Crippen LogP contribution in [0, 0.1) is 6.92 Å². The minimum atomic E-state index is -0.797. The number of rotatable bonds is 3. The molecule has 0 saturated carbocycles. The maximum absolute atomic E-state index is 11.0. The van der Waals surface area contributed by atoms with Gasteiger partial charge in [0, 0.05) is 49.6 Å². The minimum absolute atomic E-state index is 0.373. The highest BCUT2D eigenvalue weighted by Gasteiger charge is 2.35. The van der Waals surface area contributed by atoms with Crippen molar-refractivity contribution < 1.29 is 9.84 Å². The number of pyridine rings is 1. The third-order valence-electron chi connectivity index (χ3n) is 5.31. The molecule has 2 saturated heterocycles. The number of nitrogens with zero attached hydrogens (tertiary/aromatic N) is 4. The van der Waals surface area contributed by atoms with Crippen molar-refractivity contribution in [2.24, 2.45) is 0 Å². The average Bonchev–Trinajstić information content (AvgIpc) is 3.17. The predicted octanol–water partition coefficient (Wildman–Crippen LogP) is 2.17. The van der Waals surface area contributed by atoms with Crippen molar-refractivity contribution in [3.63, 3.8) is 0 Å². The van der Waals surface area contributed by atoms with Gasteiger partial charge in [0.25, 0.3) is 0 Å². The first-order chi connectivity index (χ1) is 12.1. The van der Waals surface area contributed by atoms with Crippen LogP contribution in [0.3, 0.4) is 0 Å². The van der Waals surface area contributed by atoms with E-state index in [1.807, 2.05) is 19.1 Å². The number of aryl methyl sites for hydroxylation is 1. The molecule has 25 heavy (non-hydrogen) atoms. The summed E-state index contributed by atoms with van der Waals surface area (Å²) in [6.45, 7) is 5.03. The number of hydrogen-bond acceptors (Lipinski definition) is 6. The maximum Gasteiger partial charge on any atom is 0.132 e. The molecule has 0 radical (unpaired) electrons. The molecule has 6 heteroatoms. The number of ether oxygens (including phenoxy) is 1. The van der Waals surface area contributed by atoms with E-state index < -0.39 is 5.60 Å². The normalized spacial score (nSPS) is 23.0. The van der Waals surface area contributed by atoms with E-state index in [9.17, 15) is 5.11 Å². The van der Waals surface area contributed by atoms with Gasteiger partial charge in [-0.15, -0.1) is 0 Å². The molecule has 0 aromatic carbocycles. The summed E-state index contributed by atoms with van der Waals surface area (Å²) in [5.74, 6) is 2.13. The molecule has 0 amide bonds. The topological polar surface area (TPSA) is 71.4 Å². The van der Waals surface area contributed by atoms with Crippen LogP contribution >= 0.6 is 0 Å². The molecule has 2 aromatic rings. The van der Waals surface area contributed by atoms with Gasteiger partial charge in [-0.05, 0) is 32.3 Å². The van der Waals surface area contributed by atoms with Crippen molar-refractivity contribution in [3.05, 3.63) is 47.7 Å². The zero-order valence-electron chi connectivity index (χ0n) is 14.6. The summed E-state index contributed by atoms with van der Waals surface area (Å²) in [5, 5.41) is 11.0. The number of hydrogen-bond donors (Lipinski definition) is 1. The Bertz CT molecular complexity index is 723. The van der Waals surface area contributed by atoms with Crippen molar-refractivity contribution in [3.8, 4) is 0 Å². The van der Waals surface area contributed by atoms with E-state index in [1.165, 1.54) is 0 Å². The average molecular weight is 340 g/mol. The Morgan fingerprint density at radius 1 is 1.28 bits per heavy atom. The van der Waals surface area contributed by atoms with E-state index in [0.29, 0.717) is 18.8 Å². The van der Waals surface area contributed by atoms with Gasteiger partial charge >= 0.3 is 0 Å². The second-order valence-corrected chi connectivity index (χ2v) is 7.02. The van der Waals surface area contributed by atoms with E-state index in [-0.39, 0.29) is 0 Å². The molecule has 4 heterocycles. The van der Waals surface area contributed by atoms with Gasteiger partial charge in [0.2, 0.25) is 0 Å². The Balaban J connectivity index is 1.51. The summed E-state index contributed by atoms with van der Waals surface area (Å²) in [6, 6.07) is 5.93. The number of aromatic nitrogens is 3. The van der Waals surface area contributed by atoms with E-state index in [4.69, 9.17) is 4.74 Å². The summed E-state index contributed by atoms with van der Waals surface area (Å²) < 4.78 is 5.50. The minimum Gasteiger partial charge on any atom is -0.385 e. The monoisotopic (exact) mass is 340 g/mol. The number of anilines is 1. The van der Waals surface area contributed by atoms with E-state index in [0.717, 1.165) is 55.6 Å². The van der Waals surface area contributed by atoms with Crippen molar-refractivity contribution in [1.29, 1.82) is 0 Å². The summed E-state index contributed by atoms with van der Waals surface area (Å²) in [6.07, 6.45) is 5.87. The SMILES string of the molecule is Cc1nc([C@@H]2CCOC2)cc(N2CCC(O)(c3cccnc3)CC2)n1. The Labute approximate surface area is 147 Å². The van der Waals surface area contributed by atoms with Crippen molar-refractivity contribution in [2.75, 3.05) is 31.2 Å². The van der Waals surface area contributed by atoms with Gasteiger partial charge < -0.3 is 14.7 Å². The first-order valence-electron chi connectivity index (χ1n) is 8.95. The summed E-state index contributed by atoms with van der Waals surface area (Å²) >= 11 is 0. The highest BCUT2D eigenvalue weighted by atomic mass is 16.5. The van der Waals surface area contributed by atoms with Crippen molar-refractivity contribution in [1.82, 2.24) is 15.0 Å². The van der Waals surface area contributed by atoms with Crippen LogP contribution in [0.1, 0.15) is 42.3 Å². The lowest BCUT2D eigenvalue weighted by molar-refractivity contribution is 0.0113. The highest BCUT2D eigenvalue weighted by molar-refractivity contribution is 5.42. The second-order valence-electron chi connectivity index (χ2n) is 7.02. The lowest BCUT2D eigenvalue weighted by atomic mass is 9.85. The third kappa shape index (κ3) is 3.37. The smallest absolute Gasteiger partial charge is 0.132 e. The largest absolute Gasteiger partial charge is 0.385 e. The van der Waals surface area contributed by atoms with Crippen LogP contribution in [-0.4, -0.2) is 46.4 Å². The fourth-order valence-electron chi connectivity index (χ4n) is 3.75. The van der Waals surface area contributed by atoms with Gasteiger partial charge in [0.15, 0.2) is 0 Å². The highest BCUT2D eigenvalue weighted by Crippen LogP contribution is 2.34. The molecule has 0 bridgehead atoms. The van der Waals surface area contributed by atoms with Gasteiger partial charge in [-0.3, -0.25) is 4.98 Å². The van der Waals surface area contributed by atoms with Crippen LogP contribution in [0.2, 0.25) is 0 Å². The van der Waals surface area contributed by atoms with E-state index in [1.54, 1.807) is 12.4 Å². The zero-order chi connectivity index (χ0) is 17.3. The van der Waals surface area contributed by atoms with Gasteiger partial charge in [-0.1, -0.05) is 6.07 Å². The van der Waals surface area contributed by atoms with Crippen LogP contribution in [0.15, 0.2) is 30.6 Å². The molecule has 1 N–H and O–H groups in total. The first kappa shape index (κ1) is 16.4. The molecule has 2 fully saturated rings. The molecule has 0 spiro atoms. The third-order valence-corrected chi connectivity index (χ3v) is 5.31. The van der Waals surface area contributed by atoms with Gasteiger partial charge in [0.1, 0.15) is 11.6 Å². The van der Waals surface area contributed by atoms with Gasteiger partial charge in [0.05, 0.1) is 17.9 Å². The molecule has 1 atom stereocenters. The van der Waals surface area contributed by atoms with Crippen molar-refractivity contribution >= 4 is 5.82 Å². The van der Waals surface area contributed by atoms with Gasteiger partial charge in [-0.2, -0.15) is 0 Å². The molecule has 6 nitrogen and oxygen atoms in total. The molecule has 2 aliphatic rings. The molecule has 2 aliphatic heterocycles. The second kappa shape index (κ2) is 6.69. The van der Waals surface area contributed by atoms with Crippen molar-refractivity contribution in [2.45, 2.75) is 37.7 Å². The zero-order valence-corrected chi connectivity index (χ0v) is 14.6.